The van der Waals surface area contributed by atoms with Gasteiger partial charge in [0.1, 0.15) is 0 Å². The van der Waals surface area contributed by atoms with Crippen LogP contribution in [0, 0.1) is 3.95 Å². The van der Waals surface area contributed by atoms with Gasteiger partial charge in [-0.15, -0.1) is 11.3 Å². The number of halogens is 2. The molecule has 1 heterocycles. The van der Waals surface area contributed by atoms with Gasteiger partial charge in [-0.25, -0.2) is 0 Å². The Bertz CT molecular complexity index is 576. The third-order valence-corrected chi connectivity index (χ3v) is 4.09. The first-order valence-corrected chi connectivity index (χ1v) is 6.43. The maximum Gasteiger partial charge on any atom is 0.203 e. The van der Waals surface area contributed by atoms with Gasteiger partial charge >= 0.3 is 0 Å². The van der Waals surface area contributed by atoms with Gasteiger partial charge < -0.3 is 5.11 Å². The molecule has 0 bridgehead atoms. The van der Waals surface area contributed by atoms with Crippen LogP contribution in [0.2, 0.25) is 10.0 Å². The smallest absolute Gasteiger partial charge is 0.203 e. The second-order valence-corrected chi connectivity index (χ2v) is 5.51. The Hall–Kier alpha value is -0.550. The highest BCUT2D eigenvalue weighted by Gasteiger charge is 2.05. The van der Waals surface area contributed by atoms with E-state index in [0.29, 0.717) is 20.5 Å². The number of hydrogen-bond acceptors (Lipinski definition) is 3. The Morgan fingerprint density at radius 1 is 1.31 bits per heavy atom. The lowest BCUT2D eigenvalue weighted by atomic mass is 10.2. The first-order chi connectivity index (χ1) is 7.58. The molecule has 1 N–H and O–H groups in total. The molecule has 0 spiro atoms. The Balaban J connectivity index is 2.34. The predicted octanol–water partition coefficient (Wildman–Crippen LogP) is 4.34. The molecule has 2 rings (SSSR count). The second kappa shape index (κ2) is 4.75. The molecule has 16 heavy (non-hydrogen) atoms. The summed E-state index contributed by atoms with van der Waals surface area (Å²) in [7, 11) is 0. The van der Waals surface area contributed by atoms with Crippen LogP contribution in [0.1, 0.15) is 5.56 Å². The molecule has 2 aromatic rings. The van der Waals surface area contributed by atoms with Crippen LogP contribution < -0.4 is 0 Å². The van der Waals surface area contributed by atoms with Crippen molar-refractivity contribution >= 4 is 46.8 Å². The second-order valence-electron chi connectivity index (χ2n) is 3.19. The lowest BCUT2D eigenvalue weighted by molar-refractivity contribution is 0.423. The Kier molecular flexibility index (Phi) is 3.54. The molecule has 0 unspecified atom stereocenters. The zero-order valence-electron chi connectivity index (χ0n) is 7.98. The van der Waals surface area contributed by atoms with Crippen LogP contribution in [0.15, 0.2) is 23.6 Å². The first kappa shape index (κ1) is 11.9. The van der Waals surface area contributed by atoms with Crippen molar-refractivity contribution in [1.29, 1.82) is 0 Å². The van der Waals surface area contributed by atoms with Crippen LogP contribution in [0.4, 0.5) is 0 Å². The monoisotopic (exact) mass is 291 g/mol. The molecule has 0 atom stereocenters. The maximum atomic E-state index is 9.56. The number of benzene rings is 1. The number of thiazole rings is 1. The summed E-state index contributed by atoms with van der Waals surface area (Å²) >= 11 is 18.1. The van der Waals surface area contributed by atoms with Gasteiger partial charge in [0, 0.05) is 0 Å². The Labute approximate surface area is 112 Å². The third-order valence-electron chi connectivity index (χ3n) is 2.09. The van der Waals surface area contributed by atoms with Gasteiger partial charge in [-0.05, 0) is 29.9 Å². The lowest BCUT2D eigenvalue weighted by Gasteiger charge is -2.05. The molecule has 0 amide bonds. The maximum absolute atomic E-state index is 9.56. The van der Waals surface area contributed by atoms with E-state index < -0.39 is 0 Å². The zero-order valence-corrected chi connectivity index (χ0v) is 11.1. The fourth-order valence-corrected chi connectivity index (χ4v) is 2.53. The molecule has 0 saturated heterocycles. The van der Waals surface area contributed by atoms with Gasteiger partial charge in [0.2, 0.25) is 5.88 Å². The van der Waals surface area contributed by atoms with Crippen molar-refractivity contribution in [1.82, 2.24) is 4.57 Å². The van der Waals surface area contributed by atoms with E-state index in [4.69, 9.17) is 35.4 Å². The number of rotatable bonds is 2. The van der Waals surface area contributed by atoms with Gasteiger partial charge in [0.15, 0.2) is 3.95 Å². The normalized spacial score (nSPS) is 10.6. The molecule has 2 nitrogen and oxygen atoms in total. The van der Waals surface area contributed by atoms with E-state index in [0.717, 1.165) is 5.56 Å². The summed E-state index contributed by atoms with van der Waals surface area (Å²) < 4.78 is 2.27. The van der Waals surface area contributed by atoms with E-state index in [9.17, 15) is 5.11 Å². The van der Waals surface area contributed by atoms with Crippen molar-refractivity contribution in [3.63, 3.8) is 0 Å². The number of aromatic hydroxyl groups is 1. The predicted molar refractivity (Wildman–Crippen MR) is 70.4 cm³/mol. The molecule has 6 heteroatoms. The summed E-state index contributed by atoms with van der Waals surface area (Å²) in [6.07, 6.45) is 0. The zero-order chi connectivity index (χ0) is 11.7. The van der Waals surface area contributed by atoms with Crippen molar-refractivity contribution in [2.75, 3.05) is 0 Å². The van der Waals surface area contributed by atoms with E-state index in [-0.39, 0.29) is 5.88 Å². The van der Waals surface area contributed by atoms with Crippen molar-refractivity contribution in [3.8, 4) is 5.88 Å². The molecule has 0 aliphatic carbocycles. The van der Waals surface area contributed by atoms with Crippen molar-refractivity contribution in [2.24, 2.45) is 0 Å². The molecular weight excluding hydrogens is 285 g/mol. The molecule has 0 aliphatic heterocycles. The molecule has 0 saturated carbocycles. The quantitative estimate of drug-likeness (QED) is 0.833. The average Bonchev–Trinajstić information content (AvgIpc) is 2.55. The SMILES string of the molecule is Oc1csc(=S)n1Cc1ccc(Cl)c(Cl)c1. The standard InChI is InChI=1S/C10H7Cl2NOS2/c11-7-2-1-6(3-8(7)12)4-13-9(14)5-16-10(13)15/h1-3,5,14H,4H2. The van der Waals surface area contributed by atoms with E-state index in [1.165, 1.54) is 11.3 Å². The van der Waals surface area contributed by atoms with Crippen LogP contribution in [-0.2, 0) is 6.54 Å². The number of hydrogen-bond donors (Lipinski definition) is 1. The highest BCUT2D eigenvalue weighted by atomic mass is 35.5. The molecule has 1 aromatic heterocycles. The topological polar surface area (TPSA) is 25.2 Å². The van der Waals surface area contributed by atoms with Gasteiger partial charge in [-0.3, -0.25) is 4.57 Å². The minimum absolute atomic E-state index is 0.168. The molecule has 1 aromatic carbocycles. The fraction of sp³-hybridized carbons (Fsp3) is 0.100. The van der Waals surface area contributed by atoms with Crippen molar-refractivity contribution in [2.45, 2.75) is 6.54 Å². The van der Waals surface area contributed by atoms with Gasteiger partial charge in [0.25, 0.3) is 0 Å². The highest BCUT2D eigenvalue weighted by Crippen LogP contribution is 2.25. The largest absolute Gasteiger partial charge is 0.494 e. The number of aromatic nitrogens is 1. The molecule has 84 valence electrons. The van der Waals surface area contributed by atoms with Gasteiger partial charge in [-0.2, -0.15) is 0 Å². The van der Waals surface area contributed by atoms with Crippen molar-refractivity contribution < 1.29 is 5.11 Å². The molecule has 0 radical (unpaired) electrons. The minimum atomic E-state index is 0.168. The Morgan fingerprint density at radius 3 is 2.62 bits per heavy atom. The van der Waals surface area contributed by atoms with E-state index >= 15 is 0 Å². The third kappa shape index (κ3) is 2.40. The van der Waals surface area contributed by atoms with E-state index in [2.05, 4.69) is 0 Å². The lowest BCUT2D eigenvalue weighted by Crippen LogP contribution is -1.98. The molecular formula is C10H7Cl2NOS2. The average molecular weight is 292 g/mol. The van der Waals surface area contributed by atoms with Gasteiger partial charge in [-0.1, -0.05) is 29.3 Å². The summed E-state index contributed by atoms with van der Waals surface area (Å²) in [4.78, 5) is 0. The van der Waals surface area contributed by atoms with Crippen LogP contribution >= 0.6 is 46.8 Å². The molecule has 0 fully saturated rings. The van der Waals surface area contributed by atoms with Crippen LogP contribution in [0.5, 0.6) is 5.88 Å². The van der Waals surface area contributed by atoms with Crippen LogP contribution in [0.3, 0.4) is 0 Å². The van der Waals surface area contributed by atoms with Crippen LogP contribution in [0.25, 0.3) is 0 Å². The summed E-state index contributed by atoms with van der Waals surface area (Å²) in [5.74, 6) is 0.168. The van der Waals surface area contributed by atoms with Crippen molar-refractivity contribution in [3.05, 3.63) is 43.1 Å². The summed E-state index contributed by atoms with van der Waals surface area (Å²) in [6.45, 7) is 0.491. The Morgan fingerprint density at radius 2 is 2.06 bits per heavy atom. The number of nitrogens with zero attached hydrogens (tertiary/aromatic N) is 1. The molecule has 0 aliphatic rings. The fourth-order valence-electron chi connectivity index (χ4n) is 1.29. The minimum Gasteiger partial charge on any atom is -0.494 e. The van der Waals surface area contributed by atoms with Crippen LogP contribution in [-0.4, -0.2) is 9.67 Å². The first-order valence-electron chi connectivity index (χ1n) is 4.39. The van der Waals surface area contributed by atoms with E-state index in [1.54, 1.807) is 22.1 Å². The van der Waals surface area contributed by atoms with Gasteiger partial charge in [0.05, 0.1) is 22.0 Å². The summed E-state index contributed by atoms with van der Waals surface area (Å²) in [6, 6.07) is 5.35. The highest BCUT2D eigenvalue weighted by molar-refractivity contribution is 7.73. The van der Waals surface area contributed by atoms with E-state index in [1.807, 2.05) is 6.07 Å². The summed E-state index contributed by atoms with van der Waals surface area (Å²) in [5, 5.41) is 12.2. The summed E-state index contributed by atoms with van der Waals surface area (Å²) in [5.41, 5.74) is 0.944.